The molecule has 2 heterocycles. The summed E-state index contributed by atoms with van der Waals surface area (Å²) in [6.07, 6.45) is 0.789. The van der Waals surface area contributed by atoms with E-state index in [-0.39, 0.29) is 53.9 Å². The molecular weight excluding hydrogens is 485 g/mol. The highest BCUT2D eigenvalue weighted by molar-refractivity contribution is 14.0. The minimum atomic E-state index is -2.97. The molecule has 0 bridgehead atoms. The maximum atomic E-state index is 11.9. The zero-order valence-corrected chi connectivity index (χ0v) is 19.1. The predicted octanol–water partition coefficient (Wildman–Crippen LogP) is -0.815. The summed E-state index contributed by atoms with van der Waals surface area (Å²) < 4.78 is 28.2. The first kappa shape index (κ1) is 24.4. The number of amides is 1. The first-order valence-corrected chi connectivity index (χ1v) is 11.1. The molecule has 0 saturated carbocycles. The van der Waals surface area contributed by atoms with Crippen molar-refractivity contribution in [3.8, 4) is 0 Å². The summed E-state index contributed by atoms with van der Waals surface area (Å²) in [5, 5.41) is 9.10. The van der Waals surface area contributed by atoms with Gasteiger partial charge in [0.2, 0.25) is 5.91 Å². The van der Waals surface area contributed by atoms with Crippen LogP contribution < -0.4 is 16.0 Å². The fraction of sp³-hybridized carbons (Fsp3) is 0.875. The highest BCUT2D eigenvalue weighted by Gasteiger charge is 2.28. The molecule has 11 heteroatoms. The van der Waals surface area contributed by atoms with Crippen LogP contribution in [-0.2, 0) is 19.4 Å². The van der Waals surface area contributed by atoms with Gasteiger partial charge in [-0.3, -0.25) is 14.7 Å². The van der Waals surface area contributed by atoms with E-state index in [1.165, 1.54) is 0 Å². The van der Waals surface area contributed by atoms with Gasteiger partial charge in [0.1, 0.15) is 0 Å². The Morgan fingerprint density at radius 3 is 2.63 bits per heavy atom. The molecule has 0 aliphatic carbocycles. The third-order valence-corrected chi connectivity index (χ3v) is 6.14. The summed E-state index contributed by atoms with van der Waals surface area (Å²) >= 11 is 0. The van der Waals surface area contributed by atoms with Crippen molar-refractivity contribution in [2.75, 3.05) is 64.0 Å². The second-order valence-electron chi connectivity index (χ2n) is 6.56. The number of carbonyl (C=O) groups excluding carboxylic acids is 1. The number of ether oxygens (including phenoxy) is 1. The first-order chi connectivity index (χ1) is 12.5. The van der Waals surface area contributed by atoms with Crippen molar-refractivity contribution < 1.29 is 17.9 Å². The van der Waals surface area contributed by atoms with E-state index in [2.05, 4.69) is 25.8 Å². The quantitative estimate of drug-likeness (QED) is 0.219. The second-order valence-corrected chi connectivity index (χ2v) is 8.79. The van der Waals surface area contributed by atoms with Crippen LogP contribution in [0, 0.1) is 0 Å². The van der Waals surface area contributed by atoms with Crippen LogP contribution >= 0.6 is 24.0 Å². The van der Waals surface area contributed by atoms with E-state index < -0.39 is 9.84 Å². The molecule has 0 aromatic heterocycles. The van der Waals surface area contributed by atoms with Crippen LogP contribution in [0.4, 0.5) is 0 Å². The summed E-state index contributed by atoms with van der Waals surface area (Å²) in [6, 6.07) is -0.247. The van der Waals surface area contributed by atoms with Gasteiger partial charge in [0.25, 0.3) is 0 Å². The highest BCUT2D eigenvalue weighted by Crippen LogP contribution is 2.11. The van der Waals surface area contributed by atoms with Gasteiger partial charge in [-0.2, -0.15) is 0 Å². The number of morpholine rings is 1. The van der Waals surface area contributed by atoms with E-state index in [9.17, 15) is 13.2 Å². The molecule has 2 rings (SSSR count). The number of aliphatic imine (C=N–C) groups is 1. The number of guanidine groups is 1. The molecule has 0 aromatic rings. The van der Waals surface area contributed by atoms with Gasteiger partial charge in [0.15, 0.2) is 15.8 Å². The van der Waals surface area contributed by atoms with Gasteiger partial charge in [-0.1, -0.05) is 0 Å². The average molecular weight is 517 g/mol. The Balaban J connectivity index is 0.00000364. The molecule has 2 saturated heterocycles. The lowest BCUT2D eigenvalue weighted by Crippen LogP contribution is -2.42. The van der Waals surface area contributed by atoms with Crippen LogP contribution in [0.25, 0.3) is 0 Å². The Hall–Kier alpha value is -0.660. The standard InChI is InChI=1S/C16H31N5O4S.HI/c1-2-17-16(19-6-7-21-8-10-25-11-9-21)18-5-3-15(22)20-14-4-12-26(23,24)13-14;/h14H,2-13H2,1H3,(H,20,22)(H2,17,18,19);1H. The Morgan fingerprint density at radius 1 is 1.26 bits per heavy atom. The van der Waals surface area contributed by atoms with E-state index >= 15 is 0 Å². The predicted molar refractivity (Wildman–Crippen MR) is 116 cm³/mol. The molecule has 2 aliphatic rings. The monoisotopic (exact) mass is 517 g/mol. The summed E-state index contributed by atoms with van der Waals surface area (Å²) in [5.41, 5.74) is 0. The van der Waals surface area contributed by atoms with Crippen LogP contribution in [0.15, 0.2) is 4.99 Å². The summed E-state index contributed by atoms with van der Waals surface area (Å²) in [7, 11) is -2.97. The third kappa shape index (κ3) is 9.90. The van der Waals surface area contributed by atoms with Crippen LogP contribution in [0.1, 0.15) is 19.8 Å². The fourth-order valence-electron chi connectivity index (χ4n) is 2.97. The molecule has 1 atom stereocenters. The number of sulfone groups is 1. The SMILES string of the molecule is CCNC(=NCCN1CCOCC1)NCCC(=O)NC1CCS(=O)(=O)C1.I. The largest absolute Gasteiger partial charge is 0.379 e. The van der Waals surface area contributed by atoms with Crippen molar-refractivity contribution in [1.82, 2.24) is 20.9 Å². The van der Waals surface area contributed by atoms with Crippen molar-refractivity contribution in [2.45, 2.75) is 25.8 Å². The van der Waals surface area contributed by atoms with Gasteiger partial charge in [0.05, 0.1) is 31.3 Å². The summed E-state index contributed by atoms with van der Waals surface area (Å²) in [6.45, 7) is 8.20. The third-order valence-electron chi connectivity index (χ3n) is 4.38. The van der Waals surface area contributed by atoms with Gasteiger partial charge in [-0.05, 0) is 13.3 Å². The molecule has 2 aliphatic heterocycles. The Kier molecular flexibility index (Phi) is 11.5. The Bertz CT molecular complexity index is 581. The normalized spacial score (nSPS) is 22.7. The summed E-state index contributed by atoms with van der Waals surface area (Å²) in [4.78, 5) is 18.8. The van der Waals surface area contributed by atoms with Crippen LogP contribution in [0.5, 0.6) is 0 Å². The molecule has 2 fully saturated rings. The lowest BCUT2D eigenvalue weighted by molar-refractivity contribution is -0.121. The van der Waals surface area contributed by atoms with E-state index in [1.54, 1.807) is 0 Å². The van der Waals surface area contributed by atoms with E-state index in [0.29, 0.717) is 25.5 Å². The van der Waals surface area contributed by atoms with E-state index in [0.717, 1.165) is 39.4 Å². The average Bonchev–Trinajstić information content (AvgIpc) is 2.94. The zero-order chi connectivity index (χ0) is 18.8. The van der Waals surface area contributed by atoms with Crippen LogP contribution in [0.2, 0.25) is 0 Å². The second kappa shape index (κ2) is 12.7. The van der Waals surface area contributed by atoms with E-state index in [4.69, 9.17) is 4.74 Å². The molecule has 0 radical (unpaired) electrons. The summed E-state index contributed by atoms with van der Waals surface area (Å²) in [5.74, 6) is 0.773. The van der Waals surface area contributed by atoms with Crippen molar-refractivity contribution in [1.29, 1.82) is 0 Å². The molecule has 3 N–H and O–H groups in total. The minimum Gasteiger partial charge on any atom is -0.379 e. The van der Waals surface area contributed by atoms with Crippen molar-refractivity contribution in [2.24, 2.45) is 4.99 Å². The number of hydrogen-bond acceptors (Lipinski definition) is 6. The maximum absolute atomic E-state index is 11.9. The molecule has 158 valence electrons. The zero-order valence-electron chi connectivity index (χ0n) is 15.9. The lowest BCUT2D eigenvalue weighted by Gasteiger charge is -2.25. The van der Waals surface area contributed by atoms with Gasteiger partial charge in [0, 0.05) is 45.2 Å². The number of rotatable bonds is 8. The smallest absolute Gasteiger partial charge is 0.222 e. The van der Waals surface area contributed by atoms with Crippen molar-refractivity contribution in [3.63, 3.8) is 0 Å². The van der Waals surface area contributed by atoms with Gasteiger partial charge < -0.3 is 20.7 Å². The van der Waals surface area contributed by atoms with Gasteiger partial charge in [-0.25, -0.2) is 8.42 Å². The fourth-order valence-corrected chi connectivity index (χ4v) is 4.65. The number of nitrogens with one attached hydrogen (secondary N) is 3. The molecule has 1 amide bonds. The Labute approximate surface area is 179 Å². The molecule has 27 heavy (non-hydrogen) atoms. The van der Waals surface area contributed by atoms with E-state index in [1.807, 2.05) is 6.92 Å². The highest BCUT2D eigenvalue weighted by atomic mass is 127. The number of carbonyl (C=O) groups is 1. The molecule has 0 aromatic carbocycles. The van der Waals surface area contributed by atoms with Crippen molar-refractivity contribution in [3.05, 3.63) is 0 Å². The maximum Gasteiger partial charge on any atom is 0.222 e. The lowest BCUT2D eigenvalue weighted by atomic mass is 10.2. The van der Waals surface area contributed by atoms with Gasteiger partial charge >= 0.3 is 0 Å². The Morgan fingerprint density at radius 2 is 2.00 bits per heavy atom. The molecular formula is C16H32IN5O4S. The first-order valence-electron chi connectivity index (χ1n) is 9.30. The molecule has 0 spiro atoms. The van der Waals surface area contributed by atoms with Crippen LogP contribution in [0.3, 0.4) is 0 Å². The molecule has 1 unspecified atom stereocenters. The number of halogens is 1. The minimum absolute atomic E-state index is 0. The van der Waals surface area contributed by atoms with Crippen molar-refractivity contribution >= 4 is 45.7 Å². The topological polar surface area (TPSA) is 112 Å². The van der Waals surface area contributed by atoms with Gasteiger partial charge in [-0.15, -0.1) is 24.0 Å². The number of nitrogens with zero attached hydrogens (tertiary/aromatic N) is 2. The molecule has 9 nitrogen and oxygen atoms in total. The number of hydrogen-bond donors (Lipinski definition) is 3. The van der Waals surface area contributed by atoms with Crippen LogP contribution in [-0.4, -0.2) is 95.2 Å².